The monoisotopic (exact) mass is 261 g/mol. The molecule has 1 aliphatic heterocycles. The van der Waals surface area contributed by atoms with E-state index in [1.54, 1.807) is 0 Å². The molecule has 1 unspecified atom stereocenters. The number of nitrogens with two attached hydrogens (primary N) is 1. The van der Waals surface area contributed by atoms with Gasteiger partial charge in [0.1, 0.15) is 5.82 Å². The number of aryl methyl sites for hydroxylation is 2. The molecule has 0 saturated carbocycles. The molecular weight excluding hydrogens is 238 g/mol. The molecule has 0 radical (unpaired) electrons. The molecule has 1 aromatic heterocycles. The maximum atomic E-state index is 5.89. The Labute approximate surface area is 115 Å². The minimum absolute atomic E-state index is 0.352. The Kier molecular flexibility index (Phi) is 3.71. The Bertz CT molecular complexity index is 455. The molecule has 4 heteroatoms. The number of anilines is 1. The van der Waals surface area contributed by atoms with Gasteiger partial charge in [0.25, 0.3) is 0 Å². The van der Waals surface area contributed by atoms with Crippen LogP contribution in [0.2, 0.25) is 0 Å². The molecule has 0 bridgehead atoms. The van der Waals surface area contributed by atoms with Crippen LogP contribution in [-0.4, -0.2) is 31.3 Å². The standard InChI is InChI=1S/C15H23N3O/c1-18(10-13-5-3-7-19-13)15-12(9-16)8-11-4-2-6-14(11)17-15/h8,13H,2-7,9-10,16H2,1H3. The van der Waals surface area contributed by atoms with E-state index in [-0.39, 0.29) is 0 Å². The van der Waals surface area contributed by atoms with Crippen LogP contribution in [0.5, 0.6) is 0 Å². The van der Waals surface area contributed by atoms with Gasteiger partial charge in [-0.25, -0.2) is 4.98 Å². The highest BCUT2D eigenvalue weighted by molar-refractivity contribution is 5.50. The van der Waals surface area contributed by atoms with Crippen molar-refractivity contribution < 1.29 is 4.74 Å². The van der Waals surface area contributed by atoms with Gasteiger partial charge in [0.05, 0.1) is 6.10 Å². The van der Waals surface area contributed by atoms with Crippen LogP contribution in [0.15, 0.2) is 6.07 Å². The maximum absolute atomic E-state index is 5.89. The summed E-state index contributed by atoms with van der Waals surface area (Å²) in [5.74, 6) is 1.05. The molecular formula is C15H23N3O. The van der Waals surface area contributed by atoms with Crippen LogP contribution in [0.4, 0.5) is 5.82 Å². The van der Waals surface area contributed by atoms with Crippen LogP contribution in [0.3, 0.4) is 0 Å². The van der Waals surface area contributed by atoms with Gasteiger partial charge in [0.2, 0.25) is 0 Å². The normalized spacial score (nSPS) is 21.7. The van der Waals surface area contributed by atoms with E-state index in [4.69, 9.17) is 15.5 Å². The summed E-state index contributed by atoms with van der Waals surface area (Å²) in [6, 6.07) is 2.26. The van der Waals surface area contributed by atoms with Crippen molar-refractivity contribution in [1.29, 1.82) is 0 Å². The van der Waals surface area contributed by atoms with E-state index in [0.29, 0.717) is 12.6 Å². The van der Waals surface area contributed by atoms with Crippen LogP contribution in [0.1, 0.15) is 36.1 Å². The average Bonchev–Trinajstić information content (AvgIpc) is 3.07. The summed E-state index contributed by atoms with van der Waals surface area (Å²) >= 11 is 0. The Morgan fingerprint density at radius 1 is 1.42 bits per heavy atom. The van der Waals surface area contributed by atoms with E-state index in [1.165, 1.54) is 29.7 Å². The fourth-order valence-electron chi connectivity index (χ4n) is 3.17. The van der Waals surface area contributed by atoms with Crippen molar-refractivity contribution in [2.45, 2.75) is 44.8 Å². The fourth-order valence-corrected chi connectivity index (χ4v) is 3.17. The zero-order valence-electron chi connectivity index (χ0n) is 11.7. The molecule has 2 aliphatic rings. The number of ether oxygens (including phenoxy) is 1. The number of fused-ring (bicyclic) bond motifs is 1. The molecule has 3 rings (SSSR count). The van der Waals surface area contributed by atoms with Gasteiger partial charge in [-0.3, -0.25) is 0 Å². The number of hydrogen-bond donors (Lipinski definition) is 1. The Balaban J connectivity index is 1.81. The summed E-state index contributed by atoms with van der Waals surface area (Å²) in [5.41, 5.74) is 9.73. The second-order valence-electron chi connectivity index (χ2n) is 5.65. The summed E-state index contributed by atoms with van der Waals surface area (Å²) in [6.45, 7) is 2.38. The van der Waals surface area contributed by atoms with Crippen LogP contribution in [0, 0.1) is 0 Å². The first kappa shape index (κ1) is 12.9. The number of nitrogens with zero attached hydrogens (tertiary/aromatic N) is 2. The van der Waals surface area contributed by atoms with Gasteiger partial charge in [-0.15, -0.1) is 0 Å². The van der Waals surface area contributed by atoms with Crippen LogP contribution < -0.4 is 10.6 Å². The molecule has 1 aliphatic carbocycles. The molecule has 4 nitrogen and oxygen atoms in total. The van der Waals surface area contributed by atoms with Crippen molar-refractivity contribution in [3.05, 3.63) is 22.9 Å². The first-order chi connectivity index (χ1) is 9.28. The van der Waals surface area contributed by atoms with E-state index < -0.39 is 0 Å². The number of likely N-dealkylation sites (N-methyl/N-ethyl adjacent to an activating group) is 1. The Hall–Kier alpha value is -1.13. The van der Waals surface area contributed by atoms with Crippen LogP contribution >= 0.6 is 0 Å². The van der Waals surface area contributed by atoms with Gasteiger partial charge in [-0.1, -0.05) is 0 Å². The minimum atomic E-state index is 0.352. The molecule has 104 valence electrons. The number of hydrogen-bond acceptors (Lipinski definition) is 4. The summed E-state index contributed by atoms with van der Waals surface area (Å²) in [6.07, 6.45) is 6.19. The third-order valence-corrected chi connectivity index (χ3v) is 4.19. The molecule has 0 amide bonds. The second kappa shape index (κ2) is 5.47. The second-order valence-corrected chi connectivity index (χ2v) is 5.65. The molecule has 0 spiro atoms. The predicted molar refractivity (Wildman–Crippen MR) is 76.4 cm³/mol. The van der Waals surface area contributed by atoms with Crippen molar-refractivity contribution in [3.8, 4) is 0 Å². The topological polar surface area (TPSA) is 51.4 Å². The predicted octanol–water partition coefficient (Wildman–Crippen LogP) is 1.64. The maximum Gasteiger partial charge on any atom is 0.133 e. The van der Waals surface area contributed by atoms with E-state index in [9.17, 15) is 0 Å². The van der Waals surface area contributed by atoms with Crippen molar-refractivity contribution in [1.82, 2.24) is 4.98 Å². The lowest BCUT2D eigenvalue weighted by Crippen LogP contribution is -2.30. The number of pyridine rings is 1. The van der Waals surface area contributed by atoms with Gasteiger partial charge < -0.3 is 15.4 Å². The summed E-state index contributed by atoms with van der Waals surface area (Å²) < 4.78 is 5.71. The van der Waals surface area contributed by atoms with E-state index in [1.807, 2.05) is 0 Å². The Morgan fingerprint density at radius 2 is 2.32 bits per heavy atom. The fraction of sp³-hybridized carbons (Fsp3) is 0.667. The van der Waals surface area contributed by atoms with E-state index >= 15 is 0 Å². The largest absolute Gasteiger partial charge is 0.376 e. The molecule has 1 atom stereocenters. The quantitative estimate of drug-likeness (QED) is 0.895. The number of aromatic nitrogens is 1. The van der Waals surface area contributed by atoms with E-state index in [2.05, 4.69) is 18.0 Å². The lowest BCUT2D eigenvalue weighted by Gasteiger charge is -2.24. The zero-order valence-corrected chi connectivity index (χ0v) is 11.7. The highest BCUT2D eigenvalue weighted by atomic mass is 16.5. The van der Waals surface area contributed by atoms with E-state index in [0.717, 1.165) is 38.2 Å². The molecule has 1 fully saturated rings. The van der Waals surface area contributed by atoms with Gasteiger partial charge in [-0.05, 0) is 43.7 Å². The lowest BCUT2D eigenvalue weighted by molar-refractivity contribution is 0.116. The first-order valence-corrected chi connectivity index (χ1v) is 7.32. The van der Waals surface area contributed by atoms with Crippen molar-refractivity contribution in [3.63, 3.8) is 0 Å². The Morgan fingerprint density at radius 3 is 3.05 bits per heavy atom. The van der Waals surface area contributed by atoms with Gasteiger partial charge in [0, 0.05) is 38.0 Å². The third kappa shape index (κ3) is 2.60. The molecule has 1 saturated heterocycles. The first-order valence-electron chi connectivity index (χ1n) is 7.32. The molecule has 1 aromatic rings. The summed E-state index contributed by atoms with van der Waals surface area (Å²) in [7, 11) is 2.10. The lowest BCUT2D eigenvalue weighted by atomic mass is 10.1. The van der Waals surface area contributed by atoms with Crippen LogP contribution in [0.25, 0.3) is 0 Å². The van der Waals surface area contributed by atoms with Gasteiger partial charge >= 0.3 is 0 Å². The zero-order chi connectivity index (χ0) is 13.2. The smallest absolute Gasteiger partial charge is 0.133 e. The highest BCUT2D eigenvalue weighted by Gasteiger charge is 2.21. The van der Waals surface area contributed by atoms with Crippen molar-refractivity contribution in [2.75, 3.05) is 25.1 Å². The average molecular weight is 261 g/mol. The molecule has 0 aromatic carbocycles. The van der Waals surface area contributed by atoms with Crippen molar-refractivity contribution >= 4 is 5.82 Å². The SMILES string of the molecule is CN(CC1CCCO1)c1nc2c(cc1CN)CCC2. The highest BCUT2D eigenvalue weighted by Crippen LogP contribution is 2.27. The molecule has 19 heavy (non-hydrogen) atoms. The van der Waals surface area contributed by atoms with Gasteiger partial charge in [-0.2, -0.15) is 0 Å². The van der Waals surface area contributed by atoms with Gasteiger partial charge in [0.15, 0.2) is 0 Å². The number of rotatable bonds is 4. The van der Waals surface area contributed by atoms with Crippen LogP contribution in [-0.2, 0) is 24.1 Å². The summed E-state index contributed by atoms with van der Waals surface area (Å²) in [5, 5.41) is 0. The summed E-state index contributed by atoms with van der Waals surface area (Å²) in [4.78, 5) is 7.08. The van der Waals surface area contributed by atoms with Crippen molar-refractivity contribution in [2.24, 2.45) is 5.73 Å². The third-order valence-electron chi connectivity index (χ3n) is 4.19. The molecule has 2 heterocycles. The molecule has 2 N–H and O–H groups in total. The minimum Gasteiger partial charge on any atom is -0.376 e.